The van der Waals surface area contributed by atoms with Gasteiger partial charge in [0.2, 0.25) is 0 Å². The second-order valence-corrected chi connectivity index (χ2v) is 6.14. The maximum Gasteiger partial charge on any atom is 0.150 e. The molecule has 2 aliphatic rings. The van der Waals surface area contributed by atoms with Gasteiger partial charge in [0, 0.05) is 6.42 Å². The highest BCUT2D eigenvalue weighted by Gasteiger charge is 2.51. The molecule has 2 saturated carbocycles. The molecule has 2 heteroatoms. The van der Waals surface area contributed by atoms with E-state index in [0.29, 0.717) is 12.3 Å². The molecule has 3 atom stereocenters. The molecule has 0 heterocycles. The summed E-state index contributed by atoms with van der Waals surface area (Å²) in [5, 5.41) is 19.3. The Kier molecular flexibility index (Phi) is 3.03. The molecule has 0 spiro atoms. The van der Waals surface area contributed by atoms with E-state index in [9.17, 15) is 10.5 Å². The minimum atomic E-state index is -0.818. The van der Waals surface area contributed by atoms with Crippen molar-refractivity contribution in [1.29, 1.82) is 10.5 Å². The average Bonchev–Trinajstić information content (AvgIpc) is 3.09. The van der Waals surface area contributed by atoms with Gasteiger partial charge < -0.3 is 0 Å². The summed E-state index contributed by atoms with van der Waals surface area (Å²) in [6.07, 6.45) is 5.42. The Morgan fingerprint density at radius 3 is 2.32 bits per heavy atom. The molecule has 2 aliphatic carbocycles. The molecule has 0 aromatic heterocycles. The van der Waals surface area contributed by atoms with Crippen LogP contribution in [0.5, 0.6) is 0 Å². The lowest BCUT2D eigenvalue weighted by Gasteiger charge is -2.32. The molecule has 0 amide bonds. The largest absolute Gasteiger partial charge is 0.197 e. The fourth-order valence-electron chi connectivity index (χ4n) is 4.17. The topological polar surface area (TPSA) is 47.6 Å². The maximum absolute atomic E-state index is 9.65. The van der Waals surface area contributed by atoms with Crippen LogP contribution in [0, 0.1) is 45.8 Å². The van der Waals surface area contributed by atoms with Crippen LogP contribution in [-0.4, -0.2) is 0 Å². The molecular formula is C17H18N2. The van der Waals surface area contributed by atoms with Crippen LogP contribution in [0.25, 0.3) is 0 Å². The Labute approximate surface area is 114 Å². The average molecular weight is 250 g/mol. The Hall–Kier alpha value is -1.80. The molecule has 0 unspecified atom stereocenters. The van der Waals surface area contributed by atoms with Crippen molar-refractivity contribution >= 4 is 0 Å². The molecule has 0 saturated heterocycles. The van der Waals surface area contributed by atoms with E-state index < -0.39 is 5.41 Å². The van der Waals surface area contributed by atoms with E-state index in [1.807, 2.05) is 30.3 Å². The third-order valence-corrected chi connectivity index (χ3v) is 5.10. The third kappa shape index (κ3) is 2.02. The molecule has 19 heavy (non-hydrogen) atoms. The van der Waals surface area contributed by atoms with Gasteiger partial charge in [0.1, 0.15) is 0 Å². The maximum atomic E-state index is 9.65. The summed E-state index contributed by atoms with van der Waals surface area (Å²) in [5.74, 6) is 1.65. The first-order valence-corrected chi connectivity index (χ1v) is 7.14. The predicted molar refractivity (Wildman–Crippen MR) is 72.7 cm³/mol. The Morgan fingerprint density at radius 1 is 1.05 bits per heavy atom. The van der Waals surface area contributed by atoms with Gasteiger partial charge in [-0.15, -0.1) is 0 Å². The van der Waals surface area contributed by atoms with E-state index in [4.69, 9.17) is 0 Å². The van der Waals surface area contributed by atoms with Crippen LogP contribution in [0.15, 0.2) is 30.3 Å². The van der Waals surface area contributed by atoms with Crippen LogP contribution in [0.4, 0.5) is 0 Å². The molecule has 2 bridgehead atoms. The molecular weight excluding hydrogens is 232 g/mol. The quantitative estimate of drug-likeness (QED) is 0.821. The number of rotatable bonds is 3. The fourth-order valence-corrected chi connectivity index (χ4v) is 4.17. The zero-order valence-electron chi connectivity index (χ0n) is 11.0. The van der Waals surface area contributed by atoms with Crippen LogP contribution in [0.3, 0.4) is 0 Å². The fraction of sp³-hybridized carbons (Fsp3) is 0.529. The second kappa shape index (κ2) is 4.71. The molecule has 0 aliphatic heterocycles. The summed E-state index contributed by atoms with van der Waals surface area (Å²) < 4.78 is 0. The third-order valence-electron chi connectivity index (χ3n) is 5.10. The molecule has 3 rings (SSSR count). The molecule has 96 valence electrons. The number of benzene rings is 1. The Balaban J connectivity index is 1.88. The molecule has 2 fully saturated rings. The van der Waals surface area contributed by atoms with E-state index >= 15 is 0 Å². The van der Waals surface area contributed by atoms with Crippen molar-refractivity contribution in [3.05, 3.63) is 35.9 Å². The summed E-state index contributed by atoms with van der Waals surface area (Å²) in [5.41, 5.74) is 0.287. The highest BCUT2D eigenvalue weighted by Crippen LogP contribution is 2.55. The van der Waals surface area contributed by atoms with Crippen molar-refractivity contribution in [3.8, 4) is 12.1 Å². The first kappa shape index (κ1) is 12.2. The van der Waals surface area contributed by atoms with Crippen molar-refractivity contribution in [1.82, 2.24) is 0 Å². The SMILES string of the molecule is N#CC(C#N)(Cc1ccccc1)[C@H]1C[C@@H]2CC[C@H]1C2. The predicted octanol–water partition coefficient (Wildman–Crippen LogP) is 3.70. The van der Waals surface area contributed by atoms with Gasteiger partial charge in [0.25, 0.3) is 0 Å². The van der Waals surface area contributed by atoms with Gasteiger partial charge in [-0.1, -0.05) is 36.8 Å². The first-order chi connectivity index (χ1) is 9.27. The van der Waals surface area contributed by atoms with Crippen LogP contribution in [0.2, 0.25) is 0 Å². The lowest BCUT2D eigenvalue weighted by atomic mass is 9.67. The van der Waals surface area contributed by atoms with Crippen LogP contribution in [0.1, 0.15) is 31.2 Å². The zero-order chi connectivity index (χ0) is 13.3. The molecule has 2 nitrogen and oxygen atoms in total. The van der Waals surface area contributed by atoms with Crippen LogP contribution < -0.4 is 0 Å². The number of fused-ring (bicyclic) bond motifs is 2. The second-order valence-electron chi connectivity index (χ2n) is 6.14. The van der Waals surface area contributed by atoms with Gasteiger partial charge in [-0.2, -0.15) is 10.5 Å². The molecule has 1 aromatic carbocycles. The van der Waals surface area contributed by atoms with Gasteiger partial charge in [0.05, 0.1) is 12.1 Å². The Bertz CT molecular complexity index is 521. The van der Waals surface area contributed by atoms with Crippen molar-refractivity contribution < 1.29 is 0 Å². The molecule has 0 N–H and O–H groups in total. The minimum Gasteiger partial charge on any atom is -0.197 e. The summed E-state index contributed by atoms with van der Waals surface area (Å²) in [6.45, 7) is 0. The highest BCUT2D eigenvalue weighted by molar-refractivity contribution is 5.27. The van der Waals surface area contributed by atoms with E-state index in [0.717, 1.165) is 17.9 Å². The van der Waals surface area contributed by atoms with Crippen molar-refractivity contribution in [2.45, 2.75) is 32.1 Å². The number of hydrogen-bond acceptors (Lipinski definition) is 2. The first-order valence-electron chi connectivity index (χ1n) is 7.14. The summed E-state index contributed by atoms with van der Waals surface area (Å²) in [6, 6.07) is 14.7. The molecule has 1 aromatic rings. The zero-order valence-corrected chi connectivity index (χ0v) is 11.0. The van der Waals surface area contributed by atoms with Gasteiger partial charge in [0.15, 0.2) is 5.41 Å². The summed E-state index contributed by atoms with van der Waals surface area (Å²) in [7, 11) is 0. The van der Waals surface area contributed by atoms with Crippen molar-refractivity contribution in [2.24, 2.45) is 23.2 Å². The minimum absolute atomic E-state index is 0.279. The number of nitriles is 2. The lowest BCUT2D eigenvalue weighted by Crippen LogP contribution is -2.33. The lowest BCUT2D eigenvalue weighted by molar-refractivity contribution is 0.211. The smallest absolute Gasteiger partial charge is 0.150 e. The number of hydrogen-bond donors (Lipinski definition) is 0. The van der Waals surface area contributed by atoms with E-state index in [1.165, 1.54) is 19.3 Å². The summed E-state index contributed by atoms with van der Waals surface area (Å²) in [4.78, 5) is 0. The normalized spacial score (nSPS) is 28.8. The Morgan fingerprint density at radius 2 is 1.79 bits per heavy atom. The van der Waals surface area contributed by atoms with E-state index in [-0.39, 0.29) is 5.92 Å². The van der Waals surface area contributed by atoms with Gasteiger partial charge in [-0.05, 0) is 42.6 Å². The standard InChI is InChI=1S/C17H18N2/c18-11-17(12-19,10-13-4-2-1-3-5-13)16-9-14-6-7-15(16)8-14/h1-5,14-16H,6-10H2/t14-,15+,16+/m1/s1. The highest BCUT2D eigenvalue weighted by atomic mass is 14.6. The van der Waals surface area contributed by atoms with Gasteiger partial charge >= 0.3 is 0 Å². The monoisotopic (exact) mass is 250 g/mol. The van der Waals surface area contributed by atoms with E-state index in [1.54, 1.807) is 0 Å². The molecule has 0 radical (unpaired) electrons. The van der Waals surface area contributed by atoms with Crippen molar-refractivity contribution in [2.75, 3.05) is 0 Å². The van der Waals surface area contributed by atoms with Crippen LogP contribution >= 0.6 is 0 Å². The van der Waals surface area contributed by atoms with Crippen LogP contribution in [-0.2, 0) is 6.42 Å². The van der Waals surface area contributed by atoms with Gasteiger partial charge in [-0.25, -0.2) is 0 Å². The van der Waals surface area contributed by atoms with Crippen molar-refractivity contribution in [3.63, 3.8) is 0 Å². The van der Waals surface area contributed by atoms with Gasteiger partial charge in [-0.3, -0.25) is 0 Å². The summed E-state index contributed by atoms with van der Waals surface area (Å²) >= 11 is 0. The van der Waals surface area contributed by atoms with E-state index in [2.05, 4.69) is 12.1 Å². The number of nitrogens with zero attached hydrogens (tertiary/aromatic N) is 2.